The highest BCUT2D eigenvalue weighted by atomic mass is 16.5. The molecule has 3 heterocycles. The molecule has 0 bridgehead atoms. The van der Waals surface area contributed by atoms with Gasteiger partial charge in [-0.3, -0.25) is 4.79 Å². The van der Waals surface area contributed by atoms with Gasteiger partial charge in [-0.2, -0.15) is 4.98 Å². The molecule has 2 aliphatic rings. The molecule has 1 aromatic heterocycles. The number of carbonyl (C=O) groups is 1. The minimum absolute atomic E-state index is 0.0169. The Hall–Kier alpha value is -1.89. The van der Waals surface area contributed by atoms with Crippen molar-refractivity contribution in [2.45, 2.75) is 19.3 Å². The maximum absolute atomic E-state index is 12.7. The smallest absolute Gasteiger partial charge is 0.272 e. The van der Waals surface area contributed by atoms with E-state index in [-0.39, 0.29) is 5.91 Å². The van der Waals surface area contributed by atoms with Crippen LogP contribution in [0.5, 0.6) is 5.88 Å². The van der Waals surface area contributed by atoms with E-state index in [1.807, 2.05) is 4.90 Å². The maximum Gasteiger partial charge on any atom is 0.272 e. The fourth-order valence-corrected chi connectivity index (χ4v) is 2.89. The zero-order valence-electron chi connectivity index (χ0n) is 13.0. The zero-order chi connectivity index (χ0) is 15.4. The van der Waals surface area contributed by atoms with E-state index in [0.29, 0.717) is 17.5 Å². The number of nitrogens with one attached hydrogen (secondary N) is 1. The Morgan fingerprint density at radius 2 is 1.86 bits per heavy atom. The van der Waals surface area contributed by atoms with Crippen LogP contribution >= 0.6 is 0 Å². The molecule has 1 aromatic rings. The normalized spacial score (nSPS) is 19.1. The van der Waals surface area contributed by atoms with Crippen molar-refractivity contribution in [2.75, 3.05) is 51.3 Å². The first-order chi connectivity index (χ1) is 10.8. The summed E-state index contributed by atoms with van der Waals surface area (Å²) in [5, 5.41) is 3.30. The van der Waals surface area contributed by atoms with Crippen LogP contribution in [-0.2, 0) is 0 Å². The third-order valence-electron chi connectivity index (χ3n) is 4.16. The Bertz CT molecular complexity index is 525. The Labute approximate surface area is 130 Å². The summed E-state index contributed by atoms with van der Waals surface area (Å²) >= 11 is 0. The standard InChI is InChI=1S/C15H23N5O2/c1-22-13-11-12(14(21)19-7-3-2-4-8-19)17-15(18-13)20-9-5-16-6-10-20/h11,16H,2-10H2,1H3. The summed E-state index contributed by atoms with van der Waals surface area (Å²) in [5.41, 5.74) is 0.433. The minimum atomic E-state index is -0.0169. The molecule has 2 fully saturated rings. The number of carbonyl (C=O) groups excluding carboxylic acids is 1. The van der Waals surface area contributed by atoms with E-state index in [1.165, 1.54) is 6.42 Å². The number of aromatic nitrogens is 2. The largest absolute Gasteiger partial charge is 0.481 e. The Morgan fingerprint density at radius 1 is 1.14 bits per heavy atom. The summed E-state index contributed by atoms with van der Waals surface area (Å²) in [4.78, 5) is 25.5. The molecule has 0 unspecified atom stereocenters. The fraction of sp³-hybridized carbons (Fsp3) is 0.667. The molecule has 0 aliphatic carbocycles. The molecule has 120 valence electrons. The van der Waals surface area contributed by atoms with E-state index in [9.17, 15) is 4.79 Å². The molecule has 2 saturated heterocycles. The van der Waals surface area contributed by atoms with E-state index < -0.39 is 0 Å². The molecule has 2 aliphatic heterocycles. The van der Waals surface area contributed by atoms with Crippen LogP contribution in [0, 0.1) is 0 Å². The number of rotatable bonds is 3. The molecule has 7 heteroatoms. The Balaban J connectivity index is 1.84. The number of piperazine rings is 1. The van der Waals surface area contributed by atoms with E-state index in [0.717, 1.165) is 52.1 Å². The Kier molecular flexibility index (Phi) is 4.72. The van der Waals surface area contributed by atoms with Crippen LogP contribution < -0.4 is 15.0 Å². The number of amides is 1. The van der Waals surface area contributed by atoms with Crippen molar-refractivity contribution in [3.63, 3.8) is 0 Å². The summed E-state index contributed by atoms with van der Waals surface area (Å²) in [6, 6.07) is 1.64. The van der Waals surface area contributed by atoms with Crippen molar-refractivity contribution < 1.29 is 9.53 Å². The third-order valence-corrected chi connectivity index (χ3v) is 4.16. The summed E-state index contributed by atoms with van der Waals surface area (Å²) in [6.45, 7) is 5.10. The summed E-state index contributed by atoms with van der Waals surface area (Å²) in [7, 11) is 1.57. The van der Waals surface area contributed by atoms with Crippen LogP contribution in [0.4, 0.5) is 5.95 Å². The van der Waals surface area contributed by atoms with Gasteiger partial charge in [0.05, 0.1) is 7.11 Å². The van der Waals surface area contributed by atoms with Gasteiger partial charge >= 0.3 is 0 Å². The molecule has 0 atom stereocenters. The van der Waals surface area contributed by atoms with E-state index in [2.05, 4.69) is 20.2 Å². The Morgan fingerprint density at radius 3 is 2.55 bits per heavy atom. The van der Waals surface area contributed by atoms with Crippen LogP contribution in [0.3, 0.4) is 0 Å². The molecule has 0 radical (unpaired) electrons. The number of hydrogen-bond donors (Lipinski definition) is 1. The van der Waals surface area contributed by atoms with Gasteiger partial charge in [0, 0.05) is 45.3 Å². The topological polar surface area (TPSA) is 70.6 Å². The molecule has 22 heavy (non-hydrogen) atoms. The first kappa shape index (κ1) is 15.0. The average Bonchev–Trinajstić information content (AvgIpc) is 2.62. The lowest BCUT2D eigenvalue weighted by Crippen LogP contribution is -2.44. The highest BCUT2D eigenvalue weighted by molar-refractivity contribution is 5.93. The van der Waals surface area contributed by atoms with Crippen LogP contribution in [0.2, 0.25) is 0 Å². The second-order valence-electron chi connectivity index (χ2n) is 5.69. The van der Waals surface area contributed by atoms with Gasteiger partial charge in [0.25, 0.3) is 5.91 Å². The van der Waals surface area contributed by atoms with Gasteiger partial charge in [-0.1, -0.05) is 0 Å². The predicted molar refractivity (Wildman–Crippen MR) is 83.4 cm³/mol. The van der Waals surface area contributed by atoms with Gasteiger partial charge in [-0.25, -0.2) is 4.98 Å². The second-order valence-corrected chi connectivity index (χ2v) is 5.69. The van der Waals surface area contributed by atoms with Crippen molar-refractivity contribution in [3.8, 4) is 5.88 Å². The van der Waals surface area contributed by atoms with E-state index >= 15 is 0 Å². The number of piperidine rings is 1. The molecule has 7 nitrogen and oxygen atoms in total. The maximum atomic E-state index is 12.7. The number of likely N-dealkylation sites (tertiary alicyclic amines) is 1. The summed E-state index contributed by atoms with van der Waals surface area (Å²) < 4.78 is 5.26. The number of methoxy groups -OCH3 is 1. The first-order valence-corrected chi connectivity index (χ1v) is 7.96. The molecule has 1 N–H and O–H groups in total. The minimum Gasteiger partial charge on any atom is -0.481 e. The zero-order valence-corrected chi connectivity index (χ0v) is 13.0. The van der Waals surface area contributed by atoms with Gasteiger partial charge in [-0.15, -0.1) is 0 Å². The van der Waals surface area contributed by atoms with Gasteiger partial charge in [0.2, 0.25) is 11.8 Å². The van der Waals surface area contributed by atoms with E-state index in [4.69, 9.17) is 4.74 Å². The van der Waals surface area contributed by atoms with Crippen molar-refractivity contribution in [1.82, 2.24) is 20.2 Å². The van der Waals surface area contributed by atoms with E-state index in [1.54, 1.807) is 13.2 Å². The highest BCUT2D eigenvalue weighted by Crippen LogP contribution is 2.19. The van der Waals surface area contributed by atoms with Gasteiger partial charge in [-0.05, 0) is 19.3 Å². The highest BCUT2D eigenvalue weighted by Gasteiger charge is 2.23. The summed E-state index contributed by atoms with van der Waals surface area (Å²) in [5.74, 6) is 1.02. The molecular weight excluding hydrogens is 282 g/mol. The van der Waals surface area contributed by atoms with Crippen molar-refractivity contribution in [3.05, 3.63) is 11.8 Å². The quantitative estimate of drug-likeness (QED) is 0.878. The first-order valence-electron chi connectivity index (χ1n) is 7.96. The van der Waals surface area contributed by atoms with Crippen molar-refractivity contribution >= 4 is 11.9 Å². The SMILES string of the molecule is COc1cc(C(=O)N2CCCCC2)nc(N2CCNCC2)n1. The molecule has 0 spiro atoms. The molecule has 3 rings (SSSR count). The van der Waals surface area contributed by atoms with Gasteiger partial charge in [0.1, 0.15) is 5.69 Å². The van der Waals surface area contributed by atoms with Gasteiger partial charge < -0.3 is 19.9 Å². The van der Waals surface area contributed by atoms with Crippen LogP contribution in [0.1, 0.15) is 29.8 Å². The van der Waals surface area contributed by atoms with Crippen LogP contribution in [-0.4, -0.2) is 67.2 Å². The van der Waals surface area contributed by atoms with Crippen LogP contribution in [0.25, 0.3) is 0 Å². The lowest BCUT2D eigenvalue weighted by atomic mass is 10.1. The fourth-order valence-electron chi connectivity index (χ4n) is 2.89. The monoisotopic (exact) mass is 305 g/mol. The molecule has 0 saturated carbocycles. The molecule has 0 aromatic carbocycles. The number of ether oxygens (including phenoxy) is 1. The van der Waals surface area contributed by atoms with Crippen LogP contribution in [0.15, 0.2) is 6.07 Å². The summed E-state index contributed by atoms with van der Waals surface area (Å²) in [6.07, 6.45) is 3.33. The number of anilines is 1. The number of nitrogens with zero attached hydrogens (tertiary/aromatic N) is 4. The lowest BCUT2D eigenvalue weighted by Gasteiger charge is -2.29. The van der Waals surface area contributed by atoms with Crippen molar-refractivity contribution in [2.24, 2.45) is 0 Å². The predicted octanol–water partition coefficient (Wildman–Crippen LogP) is 0.521. The van der Waals surface area contributed by atoms with Gasteiger partial charge in [0.15, 0.2) is 0 Å². The lowest BCUT2D eigenvalue weighted by molar-refractivity contribution is 0.0717. The second kappa shape index (κ2) is 6.91. The molecule has 1 amide bonds. The number of hydrogen-bond acceptors (Lipinski definition) is 6. The molecular formula is C15H23N5O2. The third kappa shape index (κ3) is 3.30. The average molecular weight is 305 g/mol. The van der Waals surface area contributed by atoms with Crippen molar-refractivity contribution in [1.29, 1.82) is 0 Å².